The van der Waals surface area contributed by atoms with Gasteiger partial charge in [-0.2, -0.15) is 15.1 Å². The highest BCUT2D eigenvalue weighted by atomic mass is 19.1. The van der Waals surface area contributed by atoms with Gasteiger partial charge in [0.25, 0.3) is 0 Å². The van der Waals surface area contributed by atoms with Crippen LogP contribution in [0.3, 0.4) is 0 Å². The van der Waals surface area contributed by atoms with Crippen molar-refractivity contribution in [2.45, 2.75) is 46.1 Å². The summed E-state index contributed by atoms with van der Waals surface area (Å²) in [6.45, 7) is 9.14. The highest BCUT2D eigenvalue weighted by Gasteiger charge is 2.25. The molecule has 0 unspecified atom stereocenters. The molecule has 0 spiro atoms. The fraction of sp³-hybridized carbons (Fsp3) is 0.348. The van der Waals surface area contributed by atoms with Gasteiger partial charge in [-0.25, -0.2) is 14.4 Å². The van der Waals surface area contributed by atoms with Gasteiger partial charge in [0.15, 0.2) is 11.6 Å². The Kier molecular flexibility index (Phi) is 6.29. The van der Waals surface area contributed by atoms with Gasteiger partial charge in [0.05, 0.1) is 23.5 Å². The average molecular weight is 480 g/mol. The van der Waals surface area contributed by atoms with E-state index in [0.29, 0.717) is 22.6 Å². The number of anilines is 2. The molecule has 0 radical (unpaired) electrons. The molecule has 0 saturated heterocycles. The van der Waals surface area contributed by atoms with Crippen LogP contribution in [0.2, 0.25) is 0 Å². The highest BCUT2D eigenvalue weighted by molar-refractivity contribution is 5.89. The van der Waals surface area contributed by atoms with E-state index in [1.54, 1.807) is 50.1 Å². The normalized spacial score (nSPS) is 12.4. The molecule has 0 fully saturated rings. The third-order valence-corrected chi connectivity index (χ3v) is 5.31. The zero-order chi connectivity index (χ0) is 25.3. The lowest BCUT2D eigenvalue weighted by atomic mass is 9.96. The van der Waals surface area contributed by atoms with Crippen LogP contribution in [-0.2, 0) is 12.5 Å². The van der Waals surface area contributed by atoms with Crippen molar-refractivity contribution in [1.82, 2.24) is 40.2 Å². The molecule has 1 atom stereocenters. The van der Waals surface area contributed by atoms with Crippen molar-refractivity contribution >= 4 is 17.5 Å². The number of hydrogen-bond acceptors (Lipinski definition) is 9. The average Bonchev–Trinajstić information content (AvgIpc) is 3.45. The summed E-state index contributed by atoms with van der Waals surface area (Å²) in [6, 6.07) is 2.79. The number of aryl methyl sites for hydroxylation is 1. The number of aromatic nitrogens is 7. The lowest BCUT2D eigenvalue weighted by Crippen LogP contribution is -2.28. The second-order valence-corrected chi connectivity index (χ2v) is 9.17. The van der Waals surface area contributed by atoms with Crippen LogP contribution in [0.1, 0.15) is 61.4 Å². The zero-order valence-electron chi connectivity index (χ0n) is 20.3. The standard InChI is InChI=1S/C23H26FN9O2/c1-12-15(13(2)28-19(34)20-31-21(32-35-20)23(3,4)5)7-8-16(17(12)24)18-25-11-26-22(30-18)29-14-9-27-33(6)10-14/h7-11,13H,1-6H3,(H,28,34)(H,25,26,29,30)/t13-/m1/s1. The number of rotatable bonds is 6. The van der Waals surface area contributed by atoms with E-state index in [9.17, 15) is 4.79 Å². The van der Waals surface area contributed by atoms with E-state index in [-0.39, 0.29) is 28.6 Å². The molecule has 11 nitrogen and oxygen atoms in total. The fourth-order valence-electron chi connectivity index (χ4n) is 3.40. The second kappa shape index (κ2) is 9.20. The Morgan fingerprint density at radius 3 is 2.63 bits per heavy atom. The lowest BCUT2D eigenvalue weighted by Gasteiger charge is -2.17. The summed E-state index contributed by atoms with van der Waals surface area (Å²) < 4.78 is 22.1. The van der Waals surface area contributed by atoms with E-state index in [1.165, 1.54) is 6.33 Å². The molecule has 0 aliphatic rings. The van der Waals surface area contributed by atoms with Gasteiger partial charge in [-0.3, -0.25) is 9.48 Å². The van der Waals surface area contributed by atoms with Crippen molar-refractivity contribution in [3.8, 4) is 11.4 Å². The Hall–Kier alpha value is -4.22. The molecule has 4 aromatic rings. The summed E-state index contributed by atoms with van der Waals surface area (Å²) in [7, 11) is 1.79. The van der Waals surface area contributed by atoms with Crippen molar-refractivity contribution in [2.24, 2.45) is 7.05 Å². The molecule has 2 N–H and O–H groups in total. The molecule has 182 valence electrons. The number of amides is 1. The Morgan fingerprint density at radius 2 is 1.97 bits per heavy atom. The maximum Gasteiger partial charge on any atom is 0.315 e. The first-order valence-electron chi connectivity index (χ1n) is 10.9. The maximum absolute atomic E-state index is 15.4. The van der Waals surface area contributed by atoms with Crippen LogP contribution in [0.5, 0.6) is 0 Å². The third kappa shape index (κ3) is 5.15. The number of nitrogens with zero attached hydrogens (tertiary/aromatic N) is 7. The van der Waals surface area contributed by atoms with E-state index in [4.69, 9.17) is 4.52 Å². The van der Waals surface area contributed by atoms with Crippen LogP contribution in [0.25, 0.3) is 11.4 Å². The van der Waals surface area contributed by atoms with E-state index in [1.807, 2.05) is 20.8 Å². The minimum atomic E-state index is -0.534. The van der Waals surface area contributed by atoms with Gasteiger partial charge in [-0.15, -0.1) is 0 Å². The fourth-order valence-corrected chi connectivity index (χ4v) is 3.40. The molecule has 0 aliphatic heterocycles. The Labute approximate surface area is 201 Å². The van der Waals surface area contributed by atoms with Crippen molar-refractivity contribution in [3.63, 3.8) is 0 Å². The number of nitrogens with one attached hydrogen (secondary N) is 2. The third-order valence-electron chi connectivity index (χ3n) is 5.31. The van der Waals surface area contributed by atoms with E-state index in [2.05, 4.69) is 40.8 Å². The van der Waals surface area contributed by atoms with Crippen molar-refractivity contribution in [3.05, 3.63) is 59.5 Å². The summed E-state index contributed by atoms with van der Waals surface area (Å²) in [5, 5.41) is 13.7. The zero-order valence-corrected chi connectivity index (χ0v) is 20.3. The number of hydrogen-bond donors (Lipinski definition) is 2. The first-order valence-corrected chi connectivity index (χ1v) is 10.9. The van der Waals surface area contributed by atoms with Crippen LogP contribution < -0.4 is 10.6 Å². The molecular formula is C23H26FN9O2. The summed E-state index contributed by atoms with van der Waals surface area (Å²) in [5.74, 6) is -0.301. The van der Waals surface area contributed by atoms with Crippen LogP contribution in [0, 0.1) is 12.7 Å². The van der Waals surface area contributed by atoms with Crippen LogP contribution in [0.4, 0.5) is 16.0 Å². The molecule has 35 heavy (non-hydrogen) atoms. The van der Waals surface area contributed by atoms with E-state index < -0.39 is 17.8 Å². The molecule has 4 rings (SSSR count). The molecule has 0 aliphatic carbocycles. The Morgan fingerprint density at radius 1 is 1.20 bits per heavy atom. The van der Waals surface area contributed by atoms with Gasteiger partial charge in [-0.1, -0.05) is 32.0 Å². The van der Waals surface area contributed by atoms with Gasteiger partial charge >= 0.3 is 11.8 Å². The summed E-state index contributed by atoms with van der Waals surface area (Å²) in [6.07, 6.45) is 4.69. The van der Waals surface area contributed by atoms with Crippen LogP contribution >= 0.6 is 0 Å². The first kappa shape index (κ1) is 23.9. The smallest absolute Gasteiger partial charge is 0.315 e. The molecule has 1 amide bonds. The van der Waals surface area contributed by atoms with Crippen LogP contribution in [-0.4, -0.2) is 40.8 Å². The van der Waals surface area contributed by atoms with Gasteiger partial charge in [0, 0.05) is 18.7 Å². The topological polar surface area (TPSA) is 137 Å². The predicted molar refractivity (Wildman–Crippen MR) is 125 cm³/mol. The lowest BCUT2D eigenvalue weighted by molar-refractivity contribution is 0.0895. The molecule has 12 heteroatoms. The van der Waals surface area contributed by atoms with E-state index in [0.717, 1.165) is 0 Å². The maximum atomic E-state index is 15.4. The quantitative estimate of drug-likeness (QED) is 0.425. The van der Waals surface area contributed by atoms with Crippen molar-refractivity contribution in [2.75, 3.05) is 5.32 Å². The van der Waals surface area contributed by atoms with Gasteiger partial charge in [-0.05, 0) is 31.0 Å². The molecule has 0 saturated carbocycles. The second-order valence-electron chi connectivity index (χ2n) is 9.17. The number of carbonyl (C=O) groups excluding carboxylic acids is 1. The van der Waals surface area contributed by atoms with Gasteiger partial charge in [0.1, 0.15) is 12.1 Å². The largest absolute Gasteiger partial charge is 0.341 e. The van der Waals surface area contributed by atoms with Gasteiger partial charge in [0.2, 0.25) is 5.95 Å². The van der Waals surface area contributed by atoms with Crippen LogP contribution in [0.15, 0.2) is 35.4 Å². The predicted octanol–water partition coefficient (Wildman–Crippen LogP) is 3.63. The number of carbonyl (C=O) groups is 1. The van der Waals surface area contributed by atoms with Crippen molar-refractivity contribution < 1.29 is 13.7 Å². The van der Waals surface area contributed by atoms with Gasteiger partial charge < -0.3 is 15.2 Å². The first-order chi connectivity index (χ1) is 16.5. The summed E-state index contributed by atoms with van der Waals surface area (Å²) >= 11 is 0. The van der Waals surface area contributed by atoms with E-state index >= 15 is 4.39 Å². The minimum absolute atomic E-state index is 0.143. The Balaban J connectivity index is 1.53. The molecule has 3 heterocycles. The molecule has 0 bridgehead atoms. The monoisotopic (exact) mass is 479 g/mol. The number of halogens is 1. The number of benzene rings is 1. The Bertz CT molecular complexity index is 1370. The minimum Gasteiger partial charge on any atom is -0.341 e. The van der Waals surface area contributed by atoms with Crippen molar-refractivity contribution in [1.29, 1.82) is 0 Å². The molecule has 1 aromatic carbocycles. The summed E-state index contributed by atoms with van der Waals surface area (Å²) in [4.78, 5) is 29.3. The molecule has 3 aromatic heterocycles. The SMILES string of the molecule is Cc1c([C@@H](C)NC(=O)c2nc(C(C)(C)C)no2)ccc(-c2ncnc(Nc3cnn(C)c3)n2)c1F. The summed E-state index contributed by atoms with van der Waals surface area (Å²) in [5.41, 5.74) is 1.51. The highest BCUT2D eigenvalue weighted by Crippen LogP contribution is 2.28. The molecular weight excluding hydrogens is 453 g/mol.